The number of aryl methyl sites for hydroxylation is 1. The first-order valence-corrected chi connectivity index (χ1v) is 7.14. The Kier molecular flexibility index (Phi) is 2.57. The molecule has 0 saturated carbocycles. The maximum absolute atomic E-state index is 12.2. The minimum atomic E-state index is 0.0280. The molecule has 1 amide bonds. The van der Waals surface area contributed by atoms with Crippen LogP contribution in [0.5, 0.6) is 0 Å². The molecule has 4 rings (SSSR count). The van der Waals surface area contributed by atoms with E-state index in [0.717, 1.165) is 34.4 Å². The Labute approximate surface area is 122 Å². The highest BCUT2D eigenvalue weighted by Gasteiger charge is 2.25. The van der Waals surface area contributed by atoms with E-state index >= 15 is 0 Å². The predicted molar refractivity (Wildman–Crippen MR) is 83.2 cm³/mol. The monoisotopic (exact) mass is 277 g/mol. The van der Waals surface area contributed by atoms with Crippen molar-refractivity contribution >= 4 is 22.5 Å². The summed E-state index contributed by atoms with van der Waals surface area (Å²) >= 11 is 0. The number of carbonyl (C=O) groups is 1. The van der Waals surface area contributed by atoms with Crippen LogP contribution in [0, 0.1) is 0 Å². The molecule has 3 aromatic rings. The molecular weight excluding hydrogens is 262 g/mol. The van der Waals surface area contributed by atoms with Crippen molar-refractivity contribution in [2.75, 3.05) is 5.32 Å². The summed E-state index contributed by atoms with van der Waals surface area (Å²) in [6.45, 7) is 2.99. The molecule has 0 atom stereocenters. The van der Waals surface area contributed by atoms with Crippen LogP contribution in [0.15, 0.2) is 42.7 Å². The molecule has 0 radical (unpaired) electrons. The first-order valence-electron chi connectivity index (χ1n) is 7.14. The number of amides is 1. The molecule has 0 fully saturated rings. The van der Waals surface area contributed by atoms with E-state index in [9.17, 15) is 4.79 Å². The van der Waals surface area contributed by atoms with Crippen LogP contribution < -0.4 is 5.32 Å². The lowest BCUT2D eigenvalue weighted by Crippen LogP contribution is -2.12. The molecule has 1 aromatic carbocycles. The second-order valence-corrected chi connectivity index (χ2v) is 5.23. The van der Waals surface area contributed by atoms with Gasteiger partial charge in [-0.15, -0.1) is 0 Å². The molecule has 3 heterocycles. The molecule has 0 bridgehead atoms. The third-order valence-electron chi connectivity index (χ3n) is 4.08. The number of hydrogen-bond acceptors (Lipinski definition) is 2. The zero-order valence-corrected chi connectivity index (χ0v) is 11.8. The SMILES string of the molecule is CCn1c2c(c3ccccc31)CC(=O)Nc1ccncc1-2. The molecule has 1 N–H and O–H groups in total. The van der Waals surface area contributed by atoms with Gasteiger partial charge in [0.15, 0.2) is 0 Å². The van der Waals surface area contributed by atoms with Gasteiger partial charge in [0, 0.05) is 35.4 Å². The van der Waals surface area contributed by atoms with Crippen LogP contribution in [0.1, 0.15) is 12.5 Å². The summed E-state index contributed by atoms with van der Waals surface area (Å²) in [7, 11) is 0. The van der Waals surface area contributed by atoms with Gasteiger partial charge in [-0.3, -0.25) is 9.78 Å². The second-order valence-electron chi connectivity index (χ2n) is 5.23. The van der Waals surface area contributed by atoms with Gasteiger partial charge in [-0.1, -0.05) is 18.2 Å². The van der Waals surface area contributed by atoms with Gasteiger partial charge in [0.2, 0.25) is 5.91 Å². The summed E-state index contributed by atoms with van der Waals surface area (Å²) in [5.41, 5.74) is 5.22. The van der Waals surface area contributed by atoms with Gasteiger partial charge in [-0.05, 0) is 24.6 Å². The average Bonchev–Trinajstić information content (AvgIpc) is 2.73. The van der Waals surface area contributed by atoms with Crippen molar-refractivity contribution in [1.82, 2.24) is 9.55 Å². The zero-order valence-electron chi connectivity index (χ0n) is 11.8. The largest absolute Gasteiger partial charge is 0.340 e. The van der Waals surface area contributed by atoms with Crippen LogP contribution in [-0.4, -0.2) is 15.5 Å². The van der Waals surface area contributed by atoms with Crippen LogP contribution in [0.2, 0.25) is 0 Å². The fraction of sp³-hybridized carbons (Fsp3) is 0.176. The van der Waals surface area contributed by atoms with Gasteiger partial charge in [-0.25, -0.2) is 0 Å². The summed E-state index contributed by atoms with van der Waals surface area (Å²) in [6, 6.07) is 10.1. The quantitative estimate of drug-likeness (QED) is 0.742. The van der Waals surface area contributed by atoms with E-state index in [4.69, 9.17) is 0 Å². The minimum Gasteiger partial charge on any atom is -0.340 e. The fourth-order valence-corrected chi connectivity index (χ4v) is 3.24. The molecule has 2 aromatic heterocycles. The van der Waals surface area contributed by atoms with Gasteiger partial charge >= 0.3 is 0 Å². The molecule has 0 spiro atoms. The number of pyridine rings is 1. The number of hydrogen-bond donors (Lipinski definition) is 1. The van der Waals surface area contributed by atoms with E-state index in [1.807, 2.05) is 24.4 Å². The number of anilines is 1. The molecule has 0 saturated heterocycles. The maximum Gasteiger partial charge on any atom is 0.228 e. The Hall–Kier alpha value is -2.62. The van der Waals surface area contributed by atoms with Crippen LogP contribution in [0.25, 0.3) is 22.2 Å². The van der Waals surface area contributed by atoms with Crippen molar-refractivity contribution < 1.29 is 4.79 Å². The van der Waals surface area contributed by atoms with Crippen molar-refractivity contribution in [3.63, 3.8) is 0 Å². The number of nitrogens with one attached hydrogen (secondary N) is 1. The molecule has 104 valence electrons. The summed E-state index contributed by atoms with van der Waals surface area (Å²) in [5.74, 6) is 0.0280. The second kappa shape index (κ2) is 4.45. The van der Waals surface area contributed by atoms with Crippen LogP contribution in [0.4, 0.5) is 5.69 Å². The lowest BCUT2D eigenvalue weighted by Gasteiger charge is -2.11. The number of nitrogens with zero attached hydrogens (tertiary/aromatic N) is 2. The van der Waals surface area contributed by atoms with E-state index in [2.05, 4.69) is 33.9 Å². The highest BCUT2D eigenvalue weighted by molar-refractivity contribution is 6.05. The van der Waals surface area contributed by atoms with Crippen LogP contribution in [-0.2, 0) is 17.8 Å². The van der Waals surface area contributed by atoms with Gasteiger partial charge < -0.3 is 9.88 Å². The van der Waals surface area contributed by atoms with Crippen molar-refractivity contribution in [2.45, 2.75) is 19.9 Å². The smallest absolute Gasteiger partial charge is 0.228 e. The lowest BCUT2D eigenvalue weighted by atomic mass is 10.0. The first-order chi connectivity index (χ1) is 10.3. The zero-order chi connectivity index (χ0) is 14.4. The number of aromatic nitrogens is 2. The Morgan fingerprint density at radius 1 is 1.29 bits per heavy atom. The maximum atomic E-state index is 12.2. The number of carbonyl (C=O) groups excluding carboxylic acids is 1. The van der Waals surface area contributed by atoms with Crippen LogP contribution in [0.3, 0.4) is 0 Å². The van der Waals surface area contributed by atoms with Gasteiger partial charge in [-0.2, -0.15) is 0 Å². The standard InChI is InChI=1S/C17H15N3O/c1-2-20-15-6-4-3-5-11(15)12-9-16(21)19-14-7-8-18-10-13(14)17(12)20/h3-8,10H,2,9H2,1H3,(H,19,21). The highest BCUT2D eigenvalue weighted by Crippen LogP contribution is 2.39. The fourth-order valence-electron chi connectivity index (χ4n) is 3.24. The highest BCUT2D eigenvalue weighted by atomic mass is 16.1. The number of rotatable bonds is 1. The third-order valence-corrected chi connectivity index (χ3v) is 4.08. The molecule has 1 aliphatic heterocycles. The topological polar surface area (TPSA) is 46.9 Å². The van der Waals surface area contributed by atoms with Crippen molar-refractivity contribution in [3.05, 3.63) is 48.3 Å². The Balaban J connectivity index is 2.17. The first kappa shape index (κ1) is 12.1. The van der Waals surface area contributed by atoms with Gasteiger partial charge in [0.25, 0.3) is 0 Å². The third kappa shape index (κ3) is 1.69. The van der Waals surface area contributed by atoms with Gasteiger partial charge in [0.1, 0.15) is 0 Å². The van der Waals surface area contributed by atoms with E-state index < -0.39 is 0 Å². The molecule has 4 heteroatoms. The van der Waals surface area contributed by atoms with E-state index in [1.54, 1.807) is 6.20 Å². The number of benzene rings is 1. The average molecular weight is 277 g/mol. The number of para-hydroxylation sites is 1. The summed E-state index contributed by atoms with van der Waals surface area (Å²) in [4.78, 5) is 16.5. The predicted octanol–water partition coefficient (Wildman–Crippen LogP) is 3.22. The summed E-state index contributed by atoms with van der Waals surface area (Å²) in [5, 5.41) is 4.13. The Morgan fingerprint density at radius 2 is 2.14 bits per heavy atom. The van der Waals surface area contributed by atoms with Crippen molar-refractivity contribution in [1.29, 1.82) is 0 Å². The van der Waals surface area contributed by atoms with E-state index in [-0.39, 0.29) is 5.91 Å². The van der Waals surface area contributed by atoms with Crippen LogP contribution >= 0.6 is 0 Å². The molecular formula is C17H15N3O. The number of fused-ring (bicyclic) bond motifs is 5. The van der Waals surface area contributed by atoms with Crippen molar-refractivity contribution in [2.24, 2.45) is 0 Å². The molecule has 1 aliphatic rings. The lowest BCUT2D eigenvalue weighted by molar-refractivity contribution is -0.115. The molecule has 0 aliphatic carbocycles. The normalized spacial score (nSPS) is 13.5. The van der Waals surface area contributed by atoms with Crippen molar-refractivity contribution in [3.8, 4) is 11.3 Å². The minimum absolute atomic E-state index is 0.0280. The molecule has 21 heavy (non-hydrogen) atoms. The summed E-state index contributed by atoms with van der Waals surface area (Å²) < 4.78 is 2.27. The molecule has 0 unspecified atom stereocenters. The summed E-state index contributed by atoms with van der Waals surface area (Å²) in [6.07, 6.45) is 3.95. The Morgan fingerprint density at radius 3 is 3.00 bits per heavy atom. The van der Waals surface area contributed by atoms with Gasteiger partial charge in [0.05, 0.1) is 17.8 Å². The van der Waals surface area contributed by atoms with E-state index in [0.29, 0.717) is 6.42 Å². The van der Waals surface area contributed by atoms with E-state index in [1.165, 1.54) is 5.52 Å². The Bertz CT molecular complexity index is 864. The molecule has 4 nitrogen and oxygen atoms in total.